The molecule has 2 nitrogen and oxygen atoms in total. The van der Waals surface area contributed by atoms with Crippen LogP contribution in [0.1, 0.15) is 59.8 Å². The average molecular weight is 240 g/mol. The smallest absolute Gasteiger partial charge is 0.0122 e. The SMILES string of the molecule is CCCN(C(CC)CC)C1CCN(CC)CC1. The molecular formula is C15H32N2. The minimum Gasteiger partial charge on any atom is -0.303 e. The Kier molecular flexibility index (Phi) is 7.14. The van der Waals surface area contributed by atoms with E-state index in [1.54, 1.807) is 0 Å². The topological polar surface area (TPSA) is 6.48 Å². The number of likely N-dealkylation sites (tertiary alicyclic amines) is 1. The molecule has 2 heteroatoms. The van der Waals surface area contributed by atoms with Crippen molar-refractivity contribution in [3.63, 3.8) is 0 Å². The normalized spacial score (nSPS) is 19.4. The second-order valence-corrected chi connectivity index (χ2v) is 5.37. The maximum absolute atomic E-state index is 2.81. The molecule has 102 valence electrons. The van der Waals surface area contributed by atoms with Crippen LogP contribution in [0.3, 0.4) is 0 Å². The van der Waals surface area contributed by atoms with Gasteiger partial charge in [-0.3, -0.25) is 4.90 Å². The van der Waals surface area contributed by atoms with Gasteiger partial charge < -0.3 is 4.90 Å². The van der Waals surface area contributed by atoms with Crippen molar-refractivity contribution in [3.05, 3.63) is 0 Å². The van der Waals surface area contributed by atoms with Crippen LogP contribution in [-0.2, 0) is 0 Å². The third-order valence-electron chi connectivity index (χ3n) is 4.37. The second-order valence-electron chi connectivity index (χ2n) is 5.37. The average Bonchev–Trinajstić information content (AvgIpc) is 2.39. The van der Waals surface area contributed by atoms with Crippen LogP contribution in [0.25, 0.3) is 0 Å². The standard InChI is InChI=1S/C15H32N2/c1-5-11-17(14(6-2)7-3)15-9-12-16(8-4)13-10-15/h14-15H,5-13H2,1-4H3. The minimum atomic E-state index is 0.813. The highest BCUT2D eigenvalue weighted by Gasteiger charge is 2.26. The first kappa shape index (κ1) is 15.0. The van der Waals surface area contributed by atoms with Crippen molar-refractivity contribution in [2.24, 2.45) is 0 Å². The molecule has 0 aliphatic carbocycles. The van der Waals surface area contributed by atoms with E-state index in [0.717, 1.165) is 12.1 Å². The zero-order valence-electron chi connectivity index (χ0n) is 12.4. The lowest BCUT2D eigenvalue weighted by atomic mass is 9.99. The zero-order chi connectivity index (χ0) is 12.7. The Labute approximate surface area is 108 Å². The summed E-state index contributed by atoms with van der Waals surface area (Å²) in [6.07, 6.45) is 6.67. The molecule has 0 amide bonds. The van der Waals surface area contributed by atoms with Gasteiger partial charge >= 0.3 is 0 Å². The first-order chi connectivity index (χ1) is 8.26. The van der Waals surface area contributed by atoms with Crippen molar-refractivity contribution in [1.82, 2.24) is 9.80 Å². The zero-order valence-corrected chi connectivity index (χ0v) is 12.4. The van der Waals surface area contributed by atoms with Gasteiger partial charge in [-0.05, 0) is 58.3 Å². The van der Waals surface area contributed by atoms with Crippen LogP contribution >= 0.6 is 0 Å². The van der Waals surface area contributed by atoms with Crippen LogP contribution < -0.4 is 0 Å². The van der Waals surface area contributed by atoms with Gasteiger partial charge in [-0.15, -0.1) is 0 Å². The molecule has 0 aromatic rings. The quantitative estimate of drug-likeness (QED) is 0.673. The molecule has 17 heavy (non-hydrogen) atoms. The van der Waals surface area contributed by atoms with Gasteiger partial charge in [0.2, 0.25) is 0 Å². The summed E-state index contributed by atoms with van der Waals surface area (Å²) < 4.78 is 0. The molecule has 1 aliphatic heterocycles. The van der Waals surface area contributed by atoms with E-state index < -0.39 is 0 Å². The molecule has 0 bridgehead atoms. The molecule has 0 saturated carbocycles. The summed E-state index contributed by atoms with van der Waals surface area (Å²) in [5.74, 6) is 0. The third kappa shape index (κ3) is 4.26. The number of piperidine rings is 1. The summed E-state index contributed by atoms with van der Waals surface area (Å²) in [4.78, 5) is 5.40. The van der Waals surface area contributed by atoms with Crippen LogP contribution in [-0.4, -0.2) is 48.1 Å². The van der Waals surface area contributed by atoms with E-state index in [4.69, 9.17) is 0 Å². The van der Waals surface area contributed by atoms with Crippen molar-refractivity contribution >= 4 is 0 Å². The summed E-state index contributed by atoms with van der Waals surface area (Å²) in [5.41, 5.74) is 0. The van der Waals surface area contributed by atoms with Crippen LogP contribution in [0.15, 0.2) is 0 Å². The van der Waals surface area contributed by atoms with Gasteiger partial charge in [0, 0.05) is 12.1 Å². The van der Waals surface area contributed by atoms with Gasteiger partial charge in [0.1, 0.15) is 0 Å². The Bertz CT molecular complexity index is 181. The Morgan fingerprint density at radius 1 is 1.06 bits per heavy atom. The summed E-state index contributed by atoms with van der Waals surface area (Å²) in [5, 5.41) is 0. The van der Waals surface area contributed by atoms with Crippen molar-refractivity contribution in [2.45, 2.75) is 71.9 Å². The highest BCUT2D eigenvalue weighted by molar-refractivity contribution is 4.83. The number of rotatable bonds is 7. The fraction of sp³-hybridized carbons (Fsp3) is 1.00. The monoisotopic (exact) mass is 240 g/mol. The lowest BCUT2D eigenvalue weighted by Gasteiger charge is -2.42. The Balaban J connectivity index is 2.52. The Morgan fingerprint density at radius 2 is 1.65 bits per heavy atom. The Hall–Kier alpha value is -0.0800. The van der Waals surface area contributed by atoms with Crippen molar-refractivity contribution in [2.75, 3.05) is 26.2 Å². The van der Waals surface area contributed by atoms with Gasteiger partial charge in [0.25, 0.3) is 0 Å². The number of nitrogens with zero attached hydrogens (tertiary/aromatic N) is 2. The number of hydrogen-bond donors (Lipinski definition) is 0. The highest BCUT2D eigenvalue weighted by Crippen LogP contribution is 2.21. The molecule has 0 aromatic heterocycles. The van der Waals surface area contributed by atoms with Gasteiger partial charge in [-0.1, -0.05) is 27.7 Å². The molecule has 1 saturated heterocycles. The summed E-state index contributed by atoms with van der Waals surface area (Å²) in [6.45, 7) is 14.4. The van der Waals surface area contributed by atoms with Crippen LogP contribution in [0.2, 0.25) is 0 Å². The molecule has 0 radical (unpaired) electrons. The van der Waals surface area contributed by atoms with Crippen molar-refractivity contribution in [3.8, 4) is 0 Å². The molecule has 1 fully saturated rings. The summed E-state index contributed by atoms with van der Waals surface area (Å²) in [7, 11) is 0. The Morgan fingerprint density at radius 3 is 2.06 bits per heavy atom. The molecule has 1 rings (SSSR count). The summed E-state index contributed by atoms with van der Waals surface area (Å²) in [6, 6.07) is 1.66. The highest BCUT2D eigenvalue weighted by atomic mass is 15.2. The molecule has 0 aromatic carbocycles. The van der Waals surface area contributed by atoms with E-state index in [0.29, 0.717) is 0 Å². The minimum absolute atomic E-state index is 0.813. The molecule has 0 atom stereocenters. The van der Waals surface area contributed by atoms with E-state index in [2.05, 4.69) is 37.5 Å². The van der Waals surface area contributed by atoms with Gasteiger partial charge in [0.15, 0.2) is 0 Å². The molecule has 0 unspecified atom stereocenters. The lowest BCUT2D eigenvalue weighted by Crippen LogP contribution is -2.49. The first-order valence-corrected chi connectivity index (χ1v) is 7.74. The maximum atomic E-state index is 2.81. The lowest BCUT2D eigenvalue weighted by molar-refractivity contribution is 0.0710. The fourth-order valence-electron chi connectivity index (χ4n) is 3.25. The van der Waals surface area contributed by atoms with Crippen LogP contribution in [0, 0.1) is 0 Å². The van der Waals surface area contributed by atoms with E-state index in [1.807, 2.05) is 0 Å². The first-order valence-electron chi connectivity index (χ1n) is 7.74. The second kappa shape index (κ2) is 8.10. The van der Waals surface area contributed by atoms with Crippen LogP contribution in [0.5, 0.6) is 0 Å². The summed E-state index contributed by atoms with van der Waals surface area (Å²) >= 11 is 0. The van der Waals surface area contributed by atoms with Gasteiger partial charge in [-0.25, -0.2) is 0 Å². The molecule has 1 heterocycles. The fourth-order valence-corrected chi connectivity index (χ4v) is 3.25. The van der Waals surface area contributed by atoms with Gasteiger partial charge in [0.05, 0.1) is 0 Å². The van der Waals surface area contributed by atoms with E-state index in [1.165, 1.54) is 58.3 Å². The van der Waals surface area contributed by atoms with Crippen molar-refractivity contribution < 1.29 is 0 Å². The largest absolute Gasteiger partial charge is 0.303 e. The maximum Gasteiger partial charge on any atom is 0.0122 e. The predicted octanol–water partition coefficient (Wildman–Crippen LogP) is 3.37. The van der Waals surface area contributed by atoms with Crippen LogP contribution in [0.4, 0.5) is 0 Å². The van der Waals surface area contributed by atoms with Crippen molar-refractivity contribution in [1.29, 1.82) is 0 Å². The third-order valence-corrected chi connectivity index (χ3v) is 4.37. The van der Waals surface area contributed by atoms with Gasteiger partial charge in [-0.2, -0.15) is 0 Å². The molecule has 1 aliphatic rings. The molecular weight excluding hydrogens is 208 g/mol. The molecule has 0 spiro atoms. The van der Waals surface area contributed by atoms with E-state index in [-0.39, 0.29) is 0 Å². The predicted molar refractivity (Wildman–Crippen MR) is 76.5 cm³/mol. The van der Waals surface area contributed by atoms with E-state index >= 15 is 0 Å². The molecule has 0 N–H and O–H groups in total. The van der Waals surface area contributed by atoms with E-state index in [9.17, 15) is 0 Å². The number of hydrogen-bond acceptors (Lipinski definition) is 2.